The van der Waals surface area contributed by atoms with Gasteiger partial charge in [0.25, 0.3) is 11.8 Å². The van der Waals surface area contributed by atoms with E-state index in [1.165, 1.54) is 21.6 Å². The van der Waals surface area contributed by atoms with Crippen LogP contribution in [0, 0.1) is 0 Å². The third-order valence-electron chi connectivity index (χ3n) is 9.47. The molecule has 0 radical (unpaired) electrons. The number of nitrogens with two attached hydrogens (primary N) is 1. The Bertz CT molecular complexity index is 2190. The first kappa shape index (κ1) is 57.5. The molecule has 1 saturated heterocycles. The fourth-order valence-electron chi connectivity index (χ4n) is 6.11. The lowest BCUT2D eigenvalue weighted by molar-refractivity contribution is -0.197. The Kier molecular flexibility index (Phi) is 27.6. The molecule has 1 fully saturated rings. The normalized spacial score (nSPS) is 12.8. The Morgan fingerprint density at radius 3 is 1.63 bits per heavy atom. The topological polar surface area (TPSA) is 285 Å². The Labute approximate surface area is 418 Å². The van der Waals surface area contributed by atoms with Crippen molar-refractivity contribution in [3.8, 4) is 34.1 Å². The number of hydrogen-bond donors (Lipinski definition) is 9. The van der Waals surface area contributed by atoms with E-state index < -0.39 is 17.8 Å². The van der Waals surface area contributed by atoms with Gasteiger partial charge in [0.15, 0.2) is 46.8 Å². The van der Waals surface area contributed by atoms with Crippen LogP contribution in [0.2, 0.25) is 0 Å². The van der Waals surface area contributed by atoms with Crippen molar-refractivity contribution in [3.63, 3.8) is 0 Å². The van der Waals surface area contributed by atoms with Gasteiger partial charge in [-0.15, -0.1) is 5.06 Å². The molecule has 0 spiro atoms. The number of carbonyl (C=O) groups is 3. The number of rotatable bonds is 24. The average molecular weight is 1010 g/mol. The second-order valence-electron chi connectivity index (χ2n) is 14.0. The van der Waals surface area contributed by atoms with Crippen LogP contribution in [-0.4, -0.2) is 166 Å². The Hall–Kier alpha value is -6.86. The highest BCUT2D eigenvalue weighted by Gasteiger charge is 2.32. The molecular formula is C45H69N15O8S2. The fraction of sp³-hybridized carbons (Fsp3) is 0.467. The van der Waals surface area contributed by atoms with E-state index in [9.17, 15) is 14.4 Å². The standard InChI is InChI=1S/C33H57N13O4.C12H12N2O4S2/c1-35-30(36-2)43-14-18-47-26-11-9-10-24(28(26)49-20-16-45-32(39-5)40-6)25-13-12-23(22-34)27(48-19-15-44-31(37-3)38-4)29(25)50-21-17-46-33(41-7)42-8;15-10-4-5-11(16)14(10)18-12(17)6-8-19-20-9-3-1-2-7-13-9/h9-13H,14-22,34H2,1-8H3,(H2,35,36,43)(H2,37,38,44)(H2,39,40,45)(H2,41,42,46);1-3,7H,4-6,8H2. The number of aromatic nitrogens is 1. The number of guanidine groups is 4. The fourth-order valence-corrected chi connectivity index (χ4v) is 7.96. The summed E-state index contributed by atoms with van der Waals surface area (Å²) in [5.41, 5.74) is 8.53. The van der Waals surface area contributed by atoms with Gasteiger partial charge in [-0.1, -0.05) is 35.1 Å². The molecule has 384 valence electrons. The van der Waals surface area contributed by atoms with Gasteiger partial charge < -0.3 is 72.1 Å². The molecule has 3 aromatic rings. The van der Waals surface area contributed by atoms with Gasteiger partial charge in [-0.25, -0.2) is 9.78 Å². The lowest BCUT2D eigenvalue weighted by atomic mass is 9.99. The molecule has 23 nitrogen and oxygen atoms in total. The number of amides is 2. The lowest BCUT2D eigenvalue weighted by Gasteiger charge is -2.22. The molecule has 10 N–H and O–H groups in total. The summed E-state index contributed by atoms with van der Waals surface area (Å²) in [5, 5.41) is 26.3. The van der Waals surface area contributed by atoms with Crippen LogP contribution in [0.25, 0.3) is 11.1 Å². The molecule has 25 heteroatoms. The van der Waals surface area contributed by atoms with Gasteiger partial charge >= 0.3 is 5.97 Å². The molecule has 70 heavy (non-hydrogen) atoms. The largest absolute Gasteiger partial charge is 0.488 e. The number of carbonyl (C=O) groups excluding carboxylic acids is 3. The lowest BCUT2D eigenvalue weighted by Crippen LogP contribution is -2.37. The summed E-state index contributed by atoms with van der Waals surface area (Å²) in [6.07, 6.45) is 2.04. The molecule has 4 rings (SSSR count). The predicted octanol–water partition coefficient (Wildman–Crippen LogP) is 1.33. The van der Waals surface area contributed by atoms with Crippen molar-refractivity contribution in [1.29, 1.82) is 0 Å². The first-order chi connectivity index (χ1) is 34.1. The van der Waals surface area contributed by atoms with Crippen molar-refractivity contribution in [2.75, 3.05) is 115 Å². The van der Waals surface area contributed by atoms with Crippen molar-refractivity contribution < 1.29 is 38.2 Å². The summed E-state index contributed by atoms with van der Waals surface area (Å²) in [6.45, 7) is 3.54. The van der Waals surface area contributed by atoms with E-state index in [0.29, 0.717) is 110 Å². The highest BCUT2D eigenvalue weighted by molar-refractivity contribution is 8.76. The number of hydrogen-bond acceptors (Lipinski definition) is 16. The zero-order valence-corrected chi connectivity index (χ0v) is 42.9. The van der Waals surface area contributed by atoms with Gasteiger partial charge in [-0.05, 0) is 35.1 Å². The van der Waals surface area contributed by atoms with Gasteiger partial charge in [0.1, 0.15) is 31.5 Å². The maximum Gasteiger partial charge on any atom is 0.334 e. The highest BCUT2D eigenvalue weighted by atomic mass is 33.1. The SMILES string of the molecule is CN=C(NC)NCCOc1cccc(-c2ccc(CN)c(OCCNC(=NC)NC)c2OCCNC(=NC)NC)c1OCCNC(=NC)NC.O=C(CCSSc1ccccn1)ON1C(=O)CCC1=O. The molecule has 0 atom stereocenters. The molecule has 0 saturated carbocycles. The van der Waals surface area contributed by atoms with Crippen molar-refractivity contribution in [3.05, 3.63) is 60.3 Å². The van der Waals surface area contributed by atoms with Crippen molar-refractivity contribution in [1.82, 2.24) is 52.6 Å². The average Bonchev–Trinajstić information content (AvgIpc) is 3.70. The monoisotopic (exact) mass is 1010 g/mol. The first-order valence-electron chi connectivity index (χ1n) is 22.4. The number of aliphatic imine (C=N–C) groups is 4. The second kappa shape index (κ2) is 33.6. The number of pyridine rings is 1. The molecule has 2 heterocycles. The first-order valence-corrected chi connectivity index (χ1v) is 24.7. The molecule has 1 aliphatic rings. The number of ether oxygens (including phenoxy) is 4. The quantitative estimate of drug-likeness (QED) is 0.0201. The number of para-hydroxylation sites is 1. The van der Waals surface area contributed by atoms with E-state index in [-0.39, 0.29) is 25.8 Å². The van der Waals surface area contributed by atoms with Crippen molar-refractivity contribution in [2.24, 2.45) is 25.7 Å². The van der Waals surface area contributed by atoms with E-state index in [1.807, 2.05) is 48.5 Å². The van der Waals surface area contributed by atoms with E-state index in [4.69, 9.17) is 29.5 Å². The maximum atomic E-state index is 11.5. The minimum Gasteiger partial charge on any atom is -0.488 e. The number of imide groups is 1. The third kappa shape index (κ3) is 19.6. The summed E-state index contributed by atoms with van der Waals surface area (Å²) in [6, 6.07) is 15.3. The Balaban J connectivity index is 0.000000535. The van der Waals surface area contributed by atoms with E-state index in [2.05, 4.69) is 67.5 Å². The van der Waals surface area contributed by atoms with E-state index in [1.54, 1.807) is 62.6 Å². The van der Waals surface area contributed by atoms with Gasteiger partial charge in [0.05, 0.1) is 32.6 Å². The molecule has 1 aromatic heterocycles. The van der Waals surface area contributed by atoms with Crippen molar-refractivity contribution >= 4 is 63.2 Å². The van der Waals surface area contributed by atoms with Crippen LogP contribution in [0.5, 0.6) is 23.0 Å². The van der Waals surface area contributed by atoms with Crippen molar-refractivity contribution in [2.45, 2.75) is 30.8 Å². The summed E-state index contributed by atoms with van der Waals surface area (Å²) in [5.74, 6) is 3.83. The van der Waals surface area contributed by atoms with Crippen LogP contribution in [0.15, 0.2) is 79.7 Å². The highest BCUT2D eigenvalue weighted by Crippen LogP contribution is 2.46. The summed E-state index contributed by atoms with van der Waals surface area (Å²) >= 11 is 0. The zero-order chi connectivity index (χ0) is 50.9. The predicted molar refractivity (Wildman–Crippen MR) is 278 cm³/mol. The van der Waals surface area contributed by atoms with Crippen LogP contribution in [-0.2, 0) is 25.8 Å². The molecule has 1 aliphatic heterocycles. The minimum atomic E-state index is -0.581. The van der Waals surface area contributed by atoms with Gasteiger partial charge in [0.2, 0.25) is 0 Å². The van der Waals surface area contributed by atoms with E-state index in [0.717, 1.165) is 21.7 Å². The summed E-state index contributed by atoms with van der Waals surface area (Å²) < 4.78 is 25.6. The molecule has 2 aromatic carbocycles. The minimum absolute atomic E-state index is 0.108. The van der Waals surface area contributed by atoms with E-state index >= 15 is 0 Å². The van der Waals surface area contributed by atoms with Crippen LogP contribution in [0.4, 0.5) is 0 Å². The Morgan fingerprint density at radius 2 is 1.14 bits per heavy atom. The zero-order valence-electron chi connectivity index (χ0n) is 41.2. The van der Waals surface area contributed by atoms with Gasteiger partial charge in [-0.3, -0.25) is 29.6 Å². The van der Waals surface area contributed by atoms with Gasteiger partial charge in [0, 0.05) is 104 Å². The molecule has 0 unspecified atom stereocenters. The maximum absolute atomic E-state index is 11.5. The van der Waals surface area contributed by atoms with Crippen LogP contribution in [0.1, 0.15) is 24.8 Å². The van der Waals surface area contributed by atoms with Gasteiger partial charge in [-0.2, -0.15) is 0 Å². The molecular weight excluding hydrogens is 943 g/mol. The van der Waals surface area contributed by atoms with Crippen LogP contribution < -0.4 is 67.2 Å². The molecule has 2 amide bonds. The number of nitrogens with zero attached hydrogens (tertiary/aromatic N) is 6. The second-order valence-corrected chi connectivity index (χ2v) is 16.5. The molecule has 0 aliphatic carbocycles. The number of nitrogens with one attached hydrogen (secondary N) is 8. The summed E-state index contributed by atoms with van der Waals surface area (Å²) in [7, 11) is 17.0. The smallest absolute Gasteiger partial charge is 0.334 e. The number of benzene rings is 2. The summed E-state index contributed by atoms with van der Waals surface area (Å²) in [4.78, 5) is 59.5. The van der Waals surface area contributed by atoms with Crippen LogP contribution >= 0.6 is 21.6 Å². The third-order valence-corrected chi connectivity index (χ3v) is 11.7. The number of hydroxylamine groups is 2. The molecule has 0 bridgehead atoms. The Morgan fingerprint density at radius 1 is 0.643 bits per heavy atom. The van der Waals surface area contributed by atoms with Crippen LogP contribution in [0.3, 0.4) is 0 Å².